The zero-order chi connectivity index (χ0) is 14.0. The molecule has 1 aromatic rings. The maximum absolute atomic E-state index is 11.9. The van der Waals surface area contributed by atoms with E-state index in [9.17, 15) is 14.4 Å². The molecule has 1 aromatic carbocycles. The molecule has 2 rings (SSSR count). The van der Waals surface area contributed by atoms with Crippen molar-refractivity contribution in [2.45, 2.75) is 0 Å². The number of nitrogens with zero attached hydrogens (tertiary/aromatic N) is 2. The number of imide groups is 1. The zero-order valence-electron chi connectivity index (χ0n) is 9.79. The molecule has 98 valence electrons. The first-order valence-corrected chi connectivity index (χ1v) is 5.33. The summed E-state index contributed by atoms with van der Waals surface area (Å²) in [6, 6.07) is 6.35. The lowest BCUT2D eigenvalue weighted by atomic mass is 10.1. The van der Waals surface area contributed by atoms with E-state index in [4.69, 9.17) is 11.5 Å². The highest BCUT2D eigenvalue weighted by atomic mass is 16.2. The number of nitrogens with two attached hydrogens (primary N) is 2. The third kappa shape index (κ3) is 2.37. The topological polar surface area (TPSA) is 131 Å². The van der Waals surface area contributed by atoms with Gasteiger partial charge in [0.25, 0.3) is 17.7 Å². The Bertz CT molecular complexity index is 557. The van der Waals surface area contributed by atoms with Crippen LogP contribution in [0.3, 0.4) is 0 Å². The second kappa shape index (κ2) is 4.77. The molecule has 1 aliphatic heterocycles. The van der Waals surface area contributed by atoms with Gasteiger partial charge in [0.2, 0.25) is 5.96 Å². The predicted molar refractivity (Wildman–Crippen MR) is 65.8 cm³/mol. The molecule has 0 aromatic heterocycles. The Balaban J connectivity index is 2.12. The van der Waals surface area contributed by atoms with Gasteiger partial charge in [-0.3, -0.25) is 19.3 Å². The van der Waals surface area contributed by atoms with Crippen molar-refractivity contribution in [2.24, 2.45) is 16.6 Å². The van der Waals surface area contributed by atoms with Crippen LogP contribution < -0.4 is 16.9 Å². The minimum Gasteiger partial charge on any atom is -0.369 e. The predicted octanol–water partition coefficient (Wildman–Crippen LogP) is -1.41. The largest absolute Gasteiger partial charge is 0.369 e. The lowest BCUT2D eigenvalue weighted by molar-refractivity contribution is -0.121. The van der Waals surface area contributed by atoms with Gasteiger partial charge in [-0.2, -0.15) is 0 Å². The number of nitrogens with one attached hydrogen (secondary N) is 1. The van der Waals surface area contributed by atoms with E-state index in [0.717, 1.165) is 4.90 Å². The molecule has 0 bridgehead atoms. The Kier molecular flexibility index (Phi) is 3.15. The Morgan fingerprint density at radius 3 is 2.16 bits per heavy atom. The average molecular weight is 261 g/mol. The Morgan fingerprint density at radius 2 is 1.68 bits per heavy atom. The lowest BCUT2D eigenvalue weighted by Gasteiger charge is -2.11. The molecule has 5 N–H and O–H groups in total. The number of fused-ring (bicyclic) bond motifs is 1. The van der Waals surface area contributed by atoms with Crippen LogP contribution in [0.25, 0.3) is 0 Å². The molecule has 1 heterocycles. The lowest BCUT2D eigenvalue weighted by Crippen LogP contribution is -2.40. The highest BCUT2D eigenvalue weighted by molar-refractivity contribution is 6.22. The second-order valence-corrected chi connectivity index (χ2v) is 3.81. The fourth-order valence-electron chi connectivity index (χ4n) is 1.69. The summed E-state index contributed by atoms with van der Waals surface area (Å²) in [5, 5.41) is 3.29. The Labute approximate surface area is 108 Å². The quantitative estimate of drug-likeness (QED) is 0.266. The van der Waals surface area contributed by atoms with E-state index in [1.54, 1.807) is 12.1 Å². The number of guanidine groups is 1. The fraction of sp³-hybridized carbons (Fsp3) is 0.0909. The molecule has 0 saturated heterocycles. The van der Waals surface area contributed by atoms with Crippen molar-refractivity contribution in [1.82, 2.24) is 10.3 Å². The molecule has 0 radical (unpaired) electrons. The molecule has 8 nitrogen and oxygen atoms in total. The first kappa shape index (κ1) is 12.6. The molecular weight excluding hydrogens is 250 g/mol. The van der Waals surface area contributed by atoms with Gasteiger partial charge in [0.15, 0.2) is 0 Å². The van der Waals surface area contributed by atoms with Crippen molar-refractivity contribution >= 4 is 23.7 Å². The van der Waals surface area contributed by atoms with E-state index in [1.165, 1.54) is 12.1 Å². The zero-order valence-corrected chi connectivity index (χ0v) is 9.79. The first-order chi connectivity index (χ1) is 9.00. The maximum atomic E-state index is 11.9. The van der Waals surface area contributed by atoms with Gasteiger partial charge in [-0.05, 0) is 12.1 Å². The highest BCUT2D eigenvalue weighted by Gasteiger charge is 2.36. The summed E-state index contributed by atoms with van der Waals surface area (Å²) in [5.41, 5.74) is 12.7. The number of carbonyl (C=O) groups excluding carboxylic acids is 3. The van der Waals surface area contributed by atoms with Gasteiger partial charge in [0.05, 0.1) is 11.1 Å². The molecule has 0 atom stereocenters. The van der Waals surface area contributed by atoms with Gasteiger partial charge in [-0.25, -0.2) is 5.43 Å². The second-order valence-electron chi connectivity index (χ2n) is 3.81. The molecule has 19 heavy (non-hydrogen) atoms. The minimum atomic E-state index is -0.664. The molecule has 0 aliphatic carbocycles. The van der Waals surface area contributed by atoms with Crippen LogP contribution in [0.5, 0.6) is 0 Å². The van der Waals surface area contributed by atoms with Crippen molar-refractivity contribution in [3.63, 3.8) is 0 Å². The molecule has 0 saturated carbocycles. The van der Waals surface area contributed by atoms with E-state index in [0.29, 0.717) is 0 Å². The van der Waals surface area contributed by atoms with E-state index in [1.807, 2.05) is 5.43 Å². The van der Waals surface area contributed by atoms with Gasteiger partial charge in [0, 0.05) is 0 Å². The van der Waals surface area contributed by atoms with Crippen LogP contribution in [0.15, 0.2) is 29.4 Å². The van der Waals surface area contributed by atoms with Crippen molar-refractivity contribution in [3.05, 3.63) is 35.4 Å². The summed E-state index contributed by atoms with van der Waals surface area (Å²) in [4.78, 5) is 36.1. The van der Waals surface area contributed by atoms with E-state index in [-0.39, 0.29) is 17.1 Å². The SMILES string of the molecule is NC(N)=NNC(=O)CN1C(=O)c2ccccc2C1=O. The smallest absolute Gasteiger partial charge is 0.262 e. The van der Waals surface area contributed by atoms with Gasteiger partial charge in [0.1, 0.15) is 6.54 Å². The van der Waals surface area contributed by atoms with Crippen LogP contribution in [0.4, 0.5) is 0 Å². The molecule has 8 heteroatoms. The fourth-order valence-corrected chi connectivity index (χ4v) is 1.69. The Morgan fingerprint density at radius 1 is 1.16 bits per heavy atom. The number of hydrogen-bond donors (Lipinski definition) is 3. The van der Waals surface area contributed by atoms with Crippen LogP contribution in [0.1, 0.15) is 20.7 Å². The number of hydrogen-bond acceptors (Lipinski definition) is 4. The van der Waals surface area contributed by atoms with E-state index >= 15 is 0 Å². The normalized spacial score (nSPS) is 13.2. The van der Waals surface area contributed by atoms with Crippen LogP contribution in [0.2, 0.25) is 0 Å². The molecule has 0 spiro atoms. The summed E-state index contributed by atoms with van der Waals surface area (Å²) in [5.74, 6) is -2.01. The number of amides is 3. The number of benzene rings is 1. The number of rotatable bonds is 3. The summed E-state index contributed by atoms with van der Waals surface area (Å²) in [6.45, 7) is -0.441. The summed E-state index contributed by atoms with van der Waals surface area (Å²) in [6.07, 6.45) is 0. The monoisotopic (exact) mass is 261 g/mol. The standard InChI is InChI=1S/C11H11N5O3/c12-11(13)15-14-8(17)5-16-9(18)6-3-1-2-4-7(6)10(16)19/h1-4H,5H2,(H,14,17)(H4,12,13,15). The molecule has 1 aliphatic rings. The van der Waals surface area contributed by atoms with Crippen LogP contribution in [0, 0.1) is 0 Å². The summed E-state index contributed by atoms with van der Waals surface area (Å²) in [7, 11) is 0. The number of hydrazone groups is 1. The molecule has 0 unspecified atom stereocenters. The van der Waals surface area contributed by atoms with Crippen molar-refractivity contribution < 1.29 is 14.4 Å². The first-order valence-electron chi connectivity index (χ1n) is 5.33. The van der Waals surface area contributed by atoms with Crippen LogP contribution in [-0.4, -0.2) is 35.1 Å². The van der Waals surface area contributed by atoms with Crippen LogP contribution in [-0.2, 0) is 4.79 Å². The maximum Gasteiger partial charge on any atom is 0.262 e. The van der Waals surface area contributed by atoms with Gasteiger partial charge in [-0.1, -0.05) is 12.1 Å². The third-order valence-electron chi connectivity index (χ3n) is 2.49. The minimum absolute atomic E-state index is 0.280. The molecule has 0 fully saturated rings. The van der Waals surface area contributed by atoms with E-state index < -0.39 is 24.3 Å². The van der Waals surface area contributed by atoms with Gasteiger partial charge < -0.3 is 11.5 Å². The average Bonchev–Trinajstić information content (AvgIpc) is 2.62. The van der Waals surface area contributed by atoms with Gasteiger partial charge >= 0.3 is 0 Å². The molecular formula is C11H11N5O3. The highest BCUT2D eigenvalue weighted by Crippen LogP contribution is 2.21. The summed E-state index contributed by atoms with van der Waals surface area (Å²) < 4.78 is 0. The van der Waals surface area contributed by atoms with Crippen molar-refractivity contribution in [2.75, 3.05) is 6.54 Å². The van der Waals surface area contributed by atoms with Crippen molar-refractivity contribution in [3.8, 4) is 0 Å². The third-order valence-corrected chi connectivity index (χ3v) is 2.49. The van der Waals surface area contributed by atoms with Crippen molar-refractivity contribution in [1.29, 1.82) is 0 Å². The van der Waals surface area contributed by atoms with Gasteiger partial charge in [-0.15, -0.1) is 5.10 Å². The van der Waals surface area contributed by atoms with Crippen LogP contribution >= 0.6 is 0 Å². The summed E-state index contributed by atoms with van der Waals surface area (Å²) >= 11 is 0. The Hall–Kier alpha value is -2.90. The number of carbonyl (C=O) groups is 3. The van der Waals surface area contributed by atoms with E-state index in [2.05, 4.69) is 5.10 Å². The molecule has 3 amide bonds.